The van der Waals surface area contributed by atoms with Crippen LogP contribution in [0.1, 0.15) is 27.0 Å². The van der Waals surface area contributed by atoms with Crippen molar-refractivity contribution in [3.05, 3.63) is 58.0 Å². The van der Waals surface area contributed by atoms with Crippen molar-refractivity contribution in [3.8, 4) is 5.69 Å². The fourth-order valence-corrected chi connectivity index (χ4v) is 4.02. The van der Waals surface area contributed by atoms with E-state index in [0.717, 1.165) is 27.7 Å². The summed E-state index contributed by atoms with van der Waals surface area (Å²) < 4.78 is 1.93. The van der Waals surface area contributed by atoms with E-state index < -0.39 is 0 Å². The Morgan fingerprint density at radius 1 is 1.26 bits per heavy atom. The van der Waals surface area contributed by atoms with Gasteiger partial charge in [-0.05, 0) is 37.1 Å². The van der Waals surface area contributed by atoms with Crippen LogP contribution in [-0.2, 0) is 6.42 Å². The summed E-state index contributed by atoms with van der Waals surface area (Å²) >= 11 is 3.00. The maximum absolute atomic E-state index is 12.3. The molecule has 0 aliphatic rings. The second kappa shape index (κ2) is 7.10. The molecule has 4 nitrogen and oxygen atoms in total. The number of aryl methyl sites for hydroxylation is 2. The van der Waals surface area contributed by atoms with E-state index in [1.807, 2.05) is 47.9 Å². The summed E-state index contributed by atoms with van der Waals surface area (Å²) in [5.74, 6) is 0.507. The van der Waals surface area contributed by atoms with Crippen molar-refractivity contribution in [1.82, 2.24) is 14.8 Å². The van der Waals surface area contributed by atoms with Crippen LogP contribution in [0.4, 0.5) is 0 Å². The van der Waals surface area contributed by atoms with E-state index in [0.29, 0.717) is 5.75 Å². The number of aromatic nitrogens is 3. The molecule has 2 heterocycles. The van der Waals surface area contributed by atoms with Crippen LogP contribution in [0.3, 0.4) is 0 Å². The van der Waals surface area contributed by atoms with Crippen molar-refractivity contribution >= 4 is 28.9 Å². The monoisotopic (exact) mass is 343 g/mol. The lowest BCUT2D eigenvalue weighted by molar-refractivity contribution is 0.102. The first-order chi connectivity index (χ1) is 11.2. The molecule has 1 aromatic carbocycles. The molecular formula is C17H17N3OS2. The molecule has 0 fully saturated rings. The molecule has 0 aliphatic carbocycles. The second-order valence-electron chi connectivity index (χ2n) is 5.10. The second-order valence-corrected chi connectivity index (χ2v) is 7.21. The summed E-state index contributed by atoms with van der Waals surface area (Å²) in [6.07, 6.45) is 2.65. The van der Waals surface area contributed by atoms with Crippen molar-refractivity contribution in [2.45, 2.75) is 25.4 Å². The number of para-hydroxylation sites is 1. The molecule has 6 heteroatoms. The predicted octanol–water partition coefficient (Wildman–Crippen LogP) is 4.17. The van der Waals surface area contributed by atoms with Crippen LogP contribution in [0.2, 0.25) is 0 Å². The minimum Gasteiger partial charge on any atom is -0.292 e. The number of ketones is 1. The molecule has 0 saturated heterocycles. The fourth-order valence-electron chi connectivity index (χ4n) is 2.24. The van der Waals surface area contributed by atoms with Gasteiger partial charge in [0.05, 0.1) is 16.3 Å². The number of benzene rings is 1. The lowest BCUT2D eigenvalue weighted by Crippen LogP contribution is -2.03. The van der Waals surface area contributed by atoms with Gasteiger partial charge in [0.2, 0.25) is 0 Å². The van der Waals surface area contributed by atoms with Gasteiger partial charge < -0.3 is 0 Å². The molecule has 0 bridgehead atoms. The van der Waals surface area contributed by atoms with Crippen molar-refractivity contribution in [2.24, 2.45) is 0 Å². The lowest BCUT2D eigenvalue weighted by Gasteiger charge is -2.08. The lowest BCUT2D eigenvalue weighted by atomic mass is 10.2. The van der Waals surface area contributed by atoms with Crippen LogP contribution in [0.15, 0.2) is 47.9 Å². The number of nitrogens with zero attached hydrogens (tertiary/aromatic N) is 3. The Hall–Kier alpha value is -1.92. The van der Waals surface area contributed by atoms with Crippen molar-refractivity contribution in [2.75, 3.05) is 5.75 Å². The number of thiophene rings is 1. The van der Waals surface area contributed by atoms with Crippen LogP contribution in [0.25, 0.3) is 5.69 Å². The maximum atomic E-state index is 12.3. The average molecular weight is 343 g/mol. The first-order valence-electron chi connectivity index (χ1n) is 7.39. The minimum absolute atomic E-state index is 0.138. The Labute approximate surface area is 143 Å². The van der Waals surface area contributed by atoms with Crippen molar-refractivity contribution < 1.29 is 4.79 Å². The number of carbonyl (C=O) groups excluding carboxylic acids is 1. The number of hydrogen-bond acceptors (Lipinski definition) is 5. The number of hydrogen-bond donors (Lipinski definition) is 0. The number of thioether (sulfide) groups is 1. The molecule has 0 unspecified atom stereocenters. The fraction of sp³-hybridized carbons (Fsp3) is 0.235. The van der Waals surface area contributed by atoms with E-state index >= 15 is 0 Å². The van der Waals surface area contributed by atoms with E-state index in [1.54, 1.807) is 17.7 Å². The quantitative estimate of drug-likeness (QED) is 0.498. The highest BCUT2D eigenvalue weighted by molar-refractivity contribution is 7.99. The molecule has 0 atom stereocenters. The third kappa shape index (κ3) is 3.54. The molecule has 3 rings (SSSR count). The van der Waals surface area contributed by atoms with Gasteiger partial charge in [0.25, 0.3) is 0 Å². The van der Waals surface area contributed by atoms with Crippen LogP contribution >= 0.6 is 23.1 Å². The molecule has 2 aromatic heterocycles. The van der Waals surface area contributed by atoms with Gasteiger partial charge >= 0.3 is 0 Å². The summed E-state index contributed by atoms with van der Waals surface area (Å²) in [5, 5.41) is 8.87. The highest BCUT2D eigenvalue weighted by Crippen LogP contribution is 2.24. The summed E-state index contributed by atoms with van der Waals surface area (Å²) in [7, 11) is 0. The molecule has 0 amide bonds. The summed E-state index contributed by atoms with van der Waals surface area (Å²) in [6, 6.07) is 12.0. The summed E-state index contributed by atoms with van der Waals surface area (Å²) in [5.41, 5.74) is 2.18. The Morgan fingerprint density at radius 3 is 2.83 bits per heavy atom. The topological polar surface area (TPSA) is 47.8 Å². The smallest absolute Gasteiger partial charge is 0.196 e. The van der Waals surface area contributed by atoms with Gasteiger partial charge in [-0.15, -0.1) is 21.5 Å². The molecule has 0 N–H and O–H groups in total. The highest BCUT2D eigenvalue weighted by Gasteiger charge is 2.14. The summed E-state index contributed by atoms with van der Waals surface area (Å²) in [4.78, 5) is 14.4. The largest absolute Gasteiger partial charge is 0.292 e. The molecule has 0 spiro atoms. The molecule has 3 aromatic rings. The normalized spacial score (nSPS) is 10.9. The Balaban J connectivity index is 1.73. The van der Waals surface area contributed by atoms with Crippen LogP contribution in [-0.4, -0.2) is 26.3 Å². The number of Topliss-reactive ketones (excluding diaryl/α,β-unsaturated/α-hetero) is 1. The van der Waals surface area contributed by atoms with Crippen molar-refractivity contribution in [1.29, 1.82) is 0 Å². The third-order valence-corrected chi connectivity index (χ3v) is 5.72. The molecular weight excluding hydrogens is 326 g/mol. The molecule has 23 heavy (non-hydrogen) atoms. The SMILES string of the molecule is CCc1ccc(C(=O)CSc2nncn2-c2ccccc2C)s1. The van der Waals surface area contributed by atoms with Gasteiger partial charge in [0, 0.05) is 4.88 Å². The van der Waals surface area contributed by atoms with Gasteiger partial charge in [-0.3, -0.25) is 9.36 Å². The Kier molecular flexibility index (Phi) is 4.93. The van der Waals surface area contributed by atoms with Crippen LogP contribution in [0.5, 0.6) is 0 Å². The molecule has 0 aliphatic heterocycles. The van der Waals surface area contributed by atoms with Gasteiger partial charge in [-0.25, -0.2) is 0 Å². The zero-order valence-electron chi connectivity index (χ0n) is 13.0. The van der Waals surface area contributed by atoms with E-state index in [-0.39, 0.29) is 5.78 Å². The van der Waals surface area contributed by atoms with Gasteiger partial charge in [-0.2, -0.15) is 0 Å². The predicted molar refractivity (Wildman–Crippen MR) is 94.8 cm³/mol. The zero-order chi connectivity index (χ0) is 16.2. The number of rotatable bonds is 6. The molecule has 118 valence electrons. The third-order valence-electron chi connectivity index (χ3n) is 3.51. The zero-order valence-corrected chi connectivity index (χ0v) is 14.7. The highest BCUT2D eigenvalue weighted by atomic mass is 32.2. The maximum Gasteiger partial charge on any atom is 0.196 e. The Bertz CT molecular complexity index is 823. The van der Waals surface area contributed by atoms with Gasteiger partial charge in [0.15, 0.2) is 10.9 Å². The van der Waals surface area contributed by atoms with Gasteiger partial charge in [-0.1, -0.05) is 36.9 Å². The molecule has 0 saturated carbocycles. The molecule has 0 radical (unpaired) electrons. The first-order valence-corrected chi connectivity index (χ1v) is 9.20. The van der Waals surface area contributed by atoms with E-state index in [1.165, 1.54) is 16.6 Å². The van der Waals surface area contributed by atoms with E-state index in [4.69, 9.17) is 0 Å². The Morgan fingerprint density at radius 2 is 2.09 bits per heavy atom. The number of carbonyl (C=O) groups is 1. The van der Waals surface area contributed by atoms with Crippen molar-refractivity contribution in [3.63, 3.8) is 0 Å². The van der Waals surface area contributed by atoms with Crippen LogP contribution < -0.4 is 0 Å². The van der Waals surface area contributed by atoms with Crippen LogP contribution in [0, 0.1) is 6.92 Å². The summed E-state index contributed by atoms with van der Waals surface area (Å²) in [6.45, 7) is 4.15. The minimum atomic E-state index is 0.138. The van der Waals surface area contributed by atoms with E-state index in [2.05, 4.69) is 17.1 Å². The standard InChI is InChI=1S/C17H17N3OS2/c1-3-13-8-9-16(23-13)15(21)10-22-17-19-18-11-20(17)14-7-5-4-6-12(14)2/h4-9,11H,3,10H2,1-2H3. The van der Waals surface area contributed by atoms with E-state index in [9.17, 15) is 4.79 Å². The average Bonchev–Trinajstić information content (AvgIpc) is 3.22. The van der Waals surface area contributed by atoms with Gasteiger partial charge in [0.1, 0.15) is 6.33 Å². The first kappa shape index (κ1) is 16.0.